The first-order valence-corrected chi connectivity index (χ1v) is 5.64. The molecule has 3 nitrogen and oxygen atoms in total. The lowest BCUT2D eigenvalue weighted by Gasteiger charge is -2.24. The molecule has 2 unspecified atom stereocenters. The molecule has 14 heavy (non-hydrogen) atoms. The van der Waals surface area contributed by atoms with E-state index in [0.29, 0.717) is 12.1 Å². The third-order valence-corrected chi connectivity index (χ3v) is 2.37. The van der Waals surface area contributed by atoms with Crippen molar-refractivity contribution in [3.63, 3.8) is 0 Å². The SMILES string of the molecule is CC(CC1CCCN1)NOC(C)(C)C. The highest BCUT2D eigenvalue weighted by Crippen LogP contribution is 2.12. The summed E-state index contributed by atoms with van der Waals surface area (Å²) in [7, 11) is 0. The van der Waals surface area contributed by atoms with Crippen LogP contribution >= 0.6 is 0 Å². The Balaban J connectivity index is 2.12. The number of hydrogen-bond acceptors (Lipinski definition) is 3. The molecule has 0 saturated carbocycles. The van der Waals surface area contributed by atoms with Crippen LogP contribution < -0.4 is 10.8 Å². The second kappa shape index (κ2) is 5.10. The Morgan fingerprint density at radius 2 is 2.21 bits per heavy atom. The third-order valence-electron chi connectivity index (χ3n) is 2.37. The van der Waals surface area contributed by atoms with Crippen molar-refractivity contribution in [2.45, 2.75) is 64.6 Å². The summed E-state index contributed by atoms with van der Waals surface area (Å²) in [5.74, 6) is 0. The summed E-state index contributed by atoms with van der Waals surface area (Å²) in [4.78, 5) is 5.52. The van der Waals surface area contributed by atoms with Crippen molar-refractivity contribution >= 4 is 0 Å². The fourth-order valence-corrected chi connectivity index (χ4v) is 1.71. The maximum atomic E-state index is 5.52. The van der Waals surface area contributed by atoms with Crippen LogP contribution in [0.3, 0.4) is 0 Å². The molecular formula is C11H24N2O. The molecule has 0 aliphatic carbocycles. The Morgan fingerprint density at radius 1 is 1.50 bits per heavy atom. The van der Waals surface area contributed by atoms with Gasteiger partial charge in [0, 0.05) is 12.1 Å². The Labute approximate surface area is 87.6 Å². The van der Waals surface area contributed by atoms with E-state index < -0.39 is 0 Å². The van der Waals surface area contributed by atoms with Crippen LogP contribution in [-0.2, 0) is 4.84 Å². The zero-order chi connectivity index (χ0) is 10.6. The molecule has 84 valence electrons. The first-order valence-electron chi connectivity index (χ1n) is 5.64. The fraction of sp³-hybridized carbons (Fsp3) is 1.00. The van der Waals surface area contributed by atoms with Crippen LogP contribution in [0.4, 0.5) is 0 Å². The predicted molar refractivity (Wildman–Crippen MR) is 59.1 cm³/mol. The Kier molecular flexibility index (Phi) is 4.35. The van der Waals surface area contributed by atoms with Crippen molar-refractivity contribution in [3.05, 3.63) is 0 Å². The Morgan fingerprint density at radius 3 is 2.71 bits per heavy atom. The Hall–Kier alpha value is -0.120. The molecule has 0 spiro atoms. The smallest absolute Gasteiger partial charge is 0.0813 e. The quantitative estimate of drug-likeness (QED) is 0.679. The van der Waals surface area contributed by atoms with E-state index in [9.17, 15) is 0 Å². The molecule has 0 aromatic rings. The van der Waals surface area contributed by atoms with Gasteiger partial charge in [-0.1, -0.05) is 0 Å². The molecule has 0 amide bonds. The van der Waals surface area contributed by atoms with Gasteiger partial charge in [0.1, 0.15) is 0 Å². The van der Waals surface area contributed by atoms with E-state index >= 15 is 0 Å². The number of rotatable bonds is 4. The van der Waals surface area contributed by atoms with Crippen LogP contribution in [0.1, 0.15) is 47.0 Å². The average molecular weight is 200 g/mol. The van der Waals surface area contributed by atoms with Gasteiger partial charge in [-0.2, -0.15) is 5.48 Å². The molecule has 1 saturated heterocycles. The normalized spacial score (nSPS) is 25.3. The van der Waals surface area contributed by atoms with Gasteiger partial charge in [0.05, 0.1) is 5.60 Å². The van der Waals surface area contributed by atoms with Crippen molar-refractivity contribution in [2.24, 2.45) is 0 Å². The summed E-state index contributed by atoms with van der Waals surface area (Å²) in [5, 5.41) is 3.49. The molecule has 0 radical (unpaired) electrons. The third kappa shape index (κ3) is 4.94. The number of nitrogens with one attached hydrogen (secondary N) is 2. The lowest BCUT2D eigenvalue weighted by molar-refractivity contribution is -0.0876. The van der Waals surface area contributed by atoms with E-state index in [1.54, 1.807) is 0 Å². The lowest BCUT2D eigenvalue weighted by atomic mass is 10.1. The van der Waals surface area contributed by atoms with E-state index in [1.165, 1.54) is 19.4 Å². The van der Waals surface area contributed by atoms with Gasteiger partial charge in [-0.15, -0.1) is 0 Å². The average Bonchev–Trinajstić information content (AvgIpc) is 2.52. The van der Waals surface area contributed by atoms with E-state index in [2.05, 4.69) is 38.5 Å². The van der Waals surface area contributed by atoms with E-state index in [4.69, 9.17) is 4.84 Å². The van der Waals surface area contributed by atoms with E-state index in [0.717, 1.165) is 6.42 Å². The van der Waals surface area contributed by atoms with Gasteiger partial charge in [-0.3, -0.25) is 4.84 Å². The van der Waals surface area contributed by atoms with Crippen LogP contribution in [0.2, 0.25) is 0 Å². The molecule has 2 atom stereocenters. The molecular weight excluding hydrogens is 176 g/mol. The van der Waals surface area contributed by atoms with Crippen LogP contribution in [0.15, 0.2) is 0 Å². The number of hydrogen-bond donors (Lipinski definition) is 2. The number of hydroxylamine groups is 1. The van der Waals surface area contributed by atoms with Gasteiger partial charge >= 0.3 is 0 Å². The van der Waals surface area contributed by atoms with Gasteiger partial charge < -0.3 is 5.32 Å². The topological polar surface area (TPSA) is 33.3 Å². The van der Waals surface area contributed by atoms with Gasteiger partial charge in [-0.05, 0) is 53.5 Å². The minimum absolute atomic E-state index is 0.0998. The first-order chi connectivity index (χ1) is 6.47. The molecule has 1 fully saturated rings. The molecule has 2 N–H and O–H groups in total. The molecule has 0 aromatic heterocycles. The lowest BCUT2D eigenvalue weighted by Crippen LogP contribution is -2.38. The van der Waals surface area contributed by atoms with Gasteiger partial charge in [0.15, 0.2) is 0 Å². The second-order valence-electron chi connectivity index (χ2n) is 5.26. The van der Waals surface area contributed by atoms with Crippen molar-refractivity contribution < 1.29 is 4.84 Å². The summed E-state index contributed by atoms with van der Waals surface area (Å²) in [6.45, 7) is 9.52. The maximum Gasteiger partial charge on any atom is 0.0813 e. The summed E-state index contributed by atoms with van der Waals surface area (Å²) in [5.41, 5.74) is 3.01. The van der Waals surface area contributed by atoms with E-state index in [1.807, 2.05) is 0 Å². The van der Waals surface area contributed by atoms with Gasteiger partial charge in [-0.25, -0.2) is 0 Å². The van der Waals surface area contributed by atoms with Crippen LogP contribution in [0.5, 0.6) is 0 Å². The monoisotopic (exact) mass is 200 g/mol. The second-order valence-corrected chi connectivity index (χ2v) is 5.26. The molecule has 0 bridgehead atoms. The fourth-order valence-electron chi connectivity index (χ4n) is 1.71. The molecule has 0 aromatic carbocycles. The Bertz CT molecular complexity index is 159. The maximum absolute atomic E-state index is 5.52. The summed E-state index contributed by atoms with van der Waals surface area (Å²) < 4.78 is 0. The highest BCUT2D eigenvalue weighted by atomic mass is 16.7. The van der Waals surface area contributed by atoms with Crippen molar-refractivity contribution in [2.75, 3.05) is 6.54 Å². The summed E-state index contributed by atoms with van der Waals surface area (Å²) in [6.07, 6.45) is 3.77. The van der Waals surface area contributed by atoms with Crippen molar-refractivity contribution in [1.29, 1.82) is 0 Å². The predicted octanol–water partition coefficient (Wildman–Crippen LogP) is 1.84. The molecule has 1 rings (SSSR count). The molecule has 1 aliphatic heterocycles. The largest absolute Gasteiger partial charge is 0.314 e. The highest BCUT2D eigenvalue weighted by Gasteiger charge is 2.18. The molecule has 1 aliphatic rings. The van der Waals surface area contributed by atoms with E-state index in [-0.39, 0.29) is 5.60 Å². The highest BCUT2D eigenvalue weighted by molar-refractivity contribution is 4.77. The van der Waals surface area contributed by atoms with Crippen molar-refractivity contribution in [1.82, 2.24) is 10.8 Å². The zero-order valence-electron chi connectivity index (χ0n) is 9.89. The zero-order valence-corrected chi connectivity index (χ0v) is 9.89. The molecule has 3 heteroatoms. The van der Waals surface area contributed by atoms with Gasteiger partial charge in [0.2, 0.25) is 0 Å². The standard InChI is InChI=1S/C11H24N2O/c1-9(13-14-11(2,3)4)8-10-6-5-7-12-10/h9-10,12-13H,5-8H2,1-4H3. The van der Waals surface area contributed by atoms with Crippen LogP contribution in [-0.4, -0.2) is 24.2 Å². The van der Waals surface area contributed by atoms with Gasteiger partial charge in [0.25, 0.3) is 0 Å². The summed E-state index contributed by atoms with van der Waals surface area (Å²) >= 11 is 0. The van der Waals surface area contributed by atoms with Crippen LogP contribution in [0.25, 0.3) is 0 Å². The summed E-state index contributed by atoms with van der Waals surface area (Å²) in [6, 6.07) is 1.10. The molecule has 1 heterocycles. The van der Waals surface area contributed by atoms with Crippen molar-refractivity contribution in [3.8, 4) is 0 Å². The first kappa shape index (κ1) is 12.0. The minimum atomic E-state index is -0.0998. The minimum Gasteiger partial charge on any atom is -0.314 e. The van der Waals surface area contributed by atoms with Crippen LogP contribution in [0, 0.1) is 0 Å².